The van der Waals surface area contributed by atoms with E-state index in [1.54, 1.807) is 60.8 Å². The van der Waals surface area contributed by atoms with Crippen LogP contribution in [0.4, 0.5) is 33.2 Å². The van der Waals surface area contributed by atoms with Crippen LogP contribution < -0.4 is 26.2 Å². The molecule has 4 N–H and O–H groups in total. The van der Waals surface area contributed by atoms with Crippen molar-refractivity contribution in [1.29, 1.82) is 0 Å². The highest BCUT2D eigenvalue weighted by atomic mass is 16.2. The lowest BCUT2D eigenvalue weighted by Crippen LogP contribution is -2.44. The average Bonchev–Trinajstić information content (AvgIpc) is 3.34. The van der Waals surface area contributed by atoms with Gasteiger partial charge in [-0.25, -0.2) is 4.79 Å². The molecule has 216 valence electrons. The van der Waals surface area contributed by atoms with E-state index in [9.17, 15) is 14.4 Å². The smallest absolute Gasteiger partial charge is 0.323 e. The first-order chi connectivity index (χ1) is 20.9. The van der Waals surface area contributed by atoms with E-state index in [0.29, 0.717) is 33.8 Å². The van der Waals surface area contributed by atoms with Crippen LogP contribution in [0.3, 0.4) is 0 Å². The lowest BCUT2D eigenvalue weighted by molar-refractivity contribution is -0.110. The number of rotatable bonds is 7. The number of carbonyl (C=O) groups is 3. The Kier molecular flexibility index (Phi) is 7.88. The number of piperazine rings is 1. The van der Waals surface area contributed by atoms with Crippen molar-refractivity contribution in [2.24, 2.45) is 0 Å². The zero-order valence-electron chi connectivity index (χ0n) is 23.8. The average molecular weight is 573 g/mol. The molecule has 2 aliphatic rings. The number of benzene rings is 4. The molecule has 0 saturated carbocycles. The van der Waals surface area contributed by atoms with Crippen LogP contribution in [-0.2, 0) is 4.79 Å². The summed E-state index contributed by atoms with van der Waals surface area (Å²) in [6, 6.07) is 28.8. The van der Waals surface area contributed by atoms with Gasteiger partial charge in [0, 0.05) is 77.5 Å². The van der Waals surface area contributed by atoms with Crippen LogP contribution >= 0.6 is 0 Å². The zero-order chi connectivity index (χ0) is 29.8. The van der Waals surface area contributed by atoms with Crippen molar-refractivity contribution in [2.45, 2.75) is 0 Å². The normalized spacial score (nSPS) is 15.5. The van der Waals surface area contributed by atoms with Crippen LogP contribution in [0.25, 0.3) is 5.57 Å². The number of nitrogens with zero attached hydrogens (tertiary/aromatic N) is 2. The first kappa shape index (κ1) is 27.7. The molecule has 0 unspecified atom stereocenters. The van der Waals surface area contributed by atoms with Gasteiger partial charge in [0.1, 0.15) is 0 Å². The third-order valence-corrected chi connectivity index (χ3v) is 7.60. The molecule has 4 aromatic rings. The summed E-state index contributed by atoms with van der Waals surface area (Å²) in [7, 11) is 2.14. The summed E-state index contributed by atoms with van der Waals surface area (Å²) in [5.41, 5.74) is 5.85. The molecule has 2 heterocycles. The van der Waals surface area contributed by atoms with E-state index < -0.39 is 6.03 Å². The molecular formula is C34H32N6O3. The van der Waals surface area contributed by atoms with Crippen molar-refractivity contribution in [1.82, 2.24) is 4.90 Å². The third kappa shape index (κ3) is 6.42. The minimum atomic E-state index is -0.407. The summed E-state index contributed by atoms with van der Waals surface area (Å²) in [5, 5.41) is 11.6. The van der Waals surface area contributed by atoms with E-state index in [2.05, 4.69) is 50.2 Å². The molecule has 1 saturated heterocycles. The maximum Gasteiger partial charge on any atom is 0.323 e. The van der Waals surface area contributed by atoms with Crippen molar-refractivity contribution in [3.05, 3.63) is 120 Å². The molecule has 6 rings (SSSR count). The summed E-state index contributed by atoms with van der Waals surface area (Å²) >= 11 is 0. The van der Waals surface area contributed by atoms with Crippen LogP contribution in [0.1, 0.15) is 21.5 Å². The number of fused-ring (bicyclic) bond motifs is 1. The highest BCUT2D eigenvalue weighted by molar-refractivity contribution is 6.32. The van der Waals surface area contributed by atoms with E-state index in [1.807, 2.05) is 30.3 Å². The predicted molar refractivity (Wildman–Crippen MR) is 172 cm³/mol. The summed E-state index contributed by atoms with van der Waals surface area (Å²) in [5.74, 6) is -0.461. The summed E-state index contributed by atoms with van der Waals surface area (Å²) in [6.45, 7) is 4.10. The van der Waals surface area contributed by atoms with Crippen molar-refractivity contribution in [3.63, 3.8) is 0 Å². The SMILES string of the molecule is CN1CCN(c2ccc(N/C=C3/C(=O)Nc4cc(C(=O)c5cccc(NC(=O)Nc6ccccc6)c5)ccc43)cc2)CC1. The Labute approximate surface area is 250 Å². The number of nitrogens with one attached hydrogen (secondary N) is 4. The molecule has 1 fully saturated rings. The van der Waals surface area contributed by atoms with Gasteiger partial charge in [-0.3, -0.25) is 9.59 Å². The molecule has 0 aromatic heterocycles. The maximum absolute atomic E-state index is 13.3. The summed E-state index contributed by atoms with van der Waals surface area (Å²) < 4.78 is 0. The fourth-order valence-electron chi connectivity index (χ4n) is 5.19. The number of likely N-dealkylation sites (N-methyl/N-ethyl adjacent to an activating group) is 1. The molecule has 9 nitrogen and oxygen atoms in total. The van der Waals surface area contributed by atoms with E-state index in [1.165, 1.54) is 5.69 Å². The first-order valence-corrected chi connectivity index (χ1v) is 14.2. The Morgan fingerprint density at radius 3 is 2.21 bits per heavy atom. The number of amides is 3. The molecule has 0 radical (unpaired) electrons. The van der Waals surface area contributed by atoms with Gasteiger partial charge in [-0.05, 0) is 61.6 Å². The molecule has 2 aliphatic heterocycles. The second-order valence-electron chi connectivity index (χ2n) is 10.6. The molecule has 0 spiro atoms. The van der Waals surface area contributed by atoms with Crippen molar-refractivity contribution >= 4 is 51.7 Å². The first-order valence-electron chi connectivity index (χ1n) is 14.2. The number of hydrogen-bond donors (Lipinski definition) is 4. The Bertz CT molecular complexity index is 1690. The lowest BCUT2D eigenvalue weighted by Gasteiger charge is -2.34. The van der Waals surface area contributed by atoms with Gasteiger partial charge in [0.15, 0.2) is 5.78 Å². The largest absolute Gasteiger partial charge is 0.369 e. The van der Waals surface area contributed by atoms with Gasteiger partial charge < -0.3 is 31.1 Å². The van der Waals surface area contributed by atoms with E-state index >= 15 is 0 Å². The van der Waals surface area contributed by atoms with Gasteiger partial charge in [0.2, 0.25) is 0 Å². The number of carbonyl (C=O) groups excluding carboxylic acids is 3. The van der Waals surface area contributed by atoms with Crippen LogP contribution in [0.2, 0.25) is 0 Å². The second kappa shape index (κ2) is 12.2. The Morgan fingerprint density at radius 2 is 1.44 bits per heavy atom. The number of para-hydroxylation sites is 1. The minimum absolute atomic E-state index is 0.222. The molecule has 9 heteroatoms. The molecule has 43 heavy (non-hydrogen) atoms. The van der Waals surface area contributed by atoms with Crippen molar-refractivity contribution in [2.75, 3.05) is 59.4 Å². The Hall–Kier alpha value is -5.41. The fourth-order valence-corrected chi connectivity index (χ4v) is 5.19. The third-order valence-electron chi connectivity index (χ3n) is 7.60. The van der Waals surface area contributed by atoms with Gasteiger partial charge in [0.05, 0.1) is 5.57 Å². The quantitative estimate of drug-likeness (QED) is 0.167. The lowest BCUT2D eigenvalue weighted by atomic mass is 9.99. The Morgan fingerprint density at radius 1 is 0.744 bits per heavy atom. The zero-order valence-corrected chi connectivity index (χ0v) is 23.8. The molecule has 0 aliphatic carbocycles. The monoisotopic (exact) mass is 572 g/mol. The van der Waals surface area contributed by atoms with E-state index in [0.717, 1.165) is 37.4 Å². The number of urea groups is 1. The standard InChI is InChI=1S/C34H32N6O3/c1-39-16-18-40(19-17-39)28-13-11-25(12-14-28)35-22-30-29-15-10-24(21-31(29)38-33(30)42)32(41)23-6-5-9-27(20-23)37-34(43)36-26-7-3-2-4-8-26/h2-15,20-22,35H,16-19H2,1H3,(H,38,42)(H2,36,37,43)/b30-22+. The number of ketones is 1. The molecule has 3 amide bonds. The van der Waals surface area contributed by atoms with Gasteiger partial charge in [0.25, 0.3) is 5.91 Å². The van der Waals surface area contributed by atoms with Crippen molar-refractivity contribution < 1.29 is 14.4 Å². The van der Waals surface area contributed by atoms with Crippen molar-refractivity contribution in [3.8, 4) is 0 Å². The highest BCUT2D eigenvalue weighted by Crippen LogP contribution is 2.33. The molecule has 0 bridgehead atoms. The fraction of sp³-hybridized carbons (Fsp3) is 0.147. The van der Waals surface area contributed by atoms with Crippen LogP contribution in [-0.4, -0.2) is 55.8 Å². The van der Waals surface area contributed by atoms with E-state index in [-0.39, 0.29) is 11.7 Å². The second-order valence-corrected chi connectivity index (χ2v) is 10.6. The van der Waals surface area contributed by atoms with Gasteiger partial charge in [-0.1, -0.05) is 42.5 Å². The Balaban J connectivity index is 1.12. The number of hydrogen-bond acceptors (Lipinski definition) is 6. The minimum Gasteiger partial charge on any atom is -0.369 e. The summed E-state index contributed by atoms with van der Waals surface area (Å²) in [4.78, 5) is 43.2. The van der Waals surface area contributed by atoms with Crippen LogP contribution in [0.5, 0.6) is 0 Å². The predicted octanol–water partition coefficient (Wildman–Crippen LogP) is 5.72. The molecule has 4 aromatic carbocycles. The van der Waals surface area contributed by atoms with Gasteiger partial charge in [-0.2, -0.15) is 0 Å². The topological polar surface area (TPSA) is 106 Å². The number of anilines is 5. The van der Waals surface area contributed by atoms with Gasteiger partial charge >= 0.3 is 6.03 Å². The van der Waals surface area contributed by atoms with Crippen LogP contribution in [0, 0.1) is 0 Å². The molecule has 0 atom stereocenters. The molecular weight excluding hydrogens is 540 g/mol. The van der Waals surface area contributed by atoms with Crippen LogP contribution in [0.15, 0.2) is 103 Å². The summed E-state index contributed by atoms with van der Waals surface area (Å²) in [6.07, 6.45) is 1.70. The van der Waals surface area contributed by atoms with Gasteiger partial charge in [-0.15, -0.1) is 0 Å². The maximum atomic E-state index is 13.3. The highest BCUT2D eigenvalue weighted by Gasteiger charge is 2.25. The van der Waals surface area contributed by atoms with E-state index in [4.69, 9.17) is 0 Å².